The van der Waals surface area contributed by atoms with Crippen molar-refractivity contribution in [3.8, 4) is 22.6 Å². The van der Waals surface area contributed by atoms with Crippen LogP contribution in [0.15, 0.2) is 63.7 Å². The molecule has 3 aromatic rings. The van der Waals surface area contributed by atoms with Crippen molar-refractivity contribution in [2.24, 2.45) is 0 Å². The lowest BCUT2D eigenvalue weighted by Gasteiger charge is -2.03. The number of nitrogens with zero attached hydrogens (tertiary/aromatic N) is 1. The third kappa shape index (κ3) is 2.51. The standard InChI is InChI=1S/C15H10Br2N2/c16-12-8-4-7-11(14(12)17)13-9-18-15(19-13)10-5-2-1-3-6-10/h1-9H,(H,18,19). The number of rotatable bonds is 2. The number of H-pyrrole nitrogens is 1. The highest BCUT2D eigenvalue weighted by Gasteiger charge is 2.09. The Hall–Kier alpha value is -1.39. The van der Waals surface area contributed by atoms with Crippen molar-refractivity contribution >= 4 is 31.9 Å². The summed E-state index contributed by atoms with van der Waals surface area (Å²) in [7, 11) is 0. The van der Waals surface area contributed by atoms with Gasteiger partial charge in [0.25, 0.3) is 0 Å². The van der Waals surface area contributed by atoms with Gasteiger partial charge in [0.2, 0.25) is 0 Å². The SMILES string of the molecule is Brc1cccc(-c2cnc(-c3ccccc3)[nH]2)c1Br. The number of halogens is 2. The van der Waals surface area contributed by atoms with E-state index >= 15 is 0 Å². The maximum absolute atomic E-state index is 4.44. The monoisotopic (exact) mass is 376 g/mol. The number of imidazole rings is 1. The quantitative estimate of drug-likeness (QED) is 0.647. The fraction of sp³-hybridized carbons (Fsp3) is 0. The molecule has 2 nitrogen and oxygen atoms in total. The van der Waals surface area contributed by atoms with Gasteiger partial charge in [0, 0.05) is 20.1 Å². The van der Waals surface area contributed by atoms with Crippen molar-refractivity contribution in [3.63, 3.8) is 0 Å². The molecule has 0 aliphatic heterocycles. The molecule has 0 unspecified atom stereocenters. The summed E-state index contributed by atoms with van der Waals surface area (Å²) < 4.78 is 2.05. The van der Waals surface area contributed by atoms with E-state index in [2.05, 4.69) is 47.9 Å². The predicted molar refractivity (Wildman–Crippen MR) is 84.9 cm³/mol. The molecule has 0 aliphatic rings. The smallest absolute Gasteiger partial charge is 0.137 e. The third-order valence-electron chi connectivity index (χ3n) is 2.86. The zero-order valence-electron chi connectivity index (χ0n) is 9.90. The molecule has 0 radical (unpaired) electrons. The molecule has 1 aromatic heterocycles. The predicted octanol–water partition coefficient (Wildman–Crippen LogP) is 5.27. The highest BCUT2D eigenvalue weighted by Crippen LogP contribution is 2.33. The summed E-state index contributed by atoms with van der Waals surface area (Å²) in [6, 6.07) is 16.2. The zero-order chi connectivity index (χ0) is 13.2. The molecule has 0 amide bonds. The molecule has 1 N–H and O–H groups in total. The lowest BCUT2D eigenvalue weighted by molar-refractivity contribution is 1.31. The van der Waals surface area contributed by atoms with Crippen LogP contribution < -0.4 is 0 Å². The van der Waals surface area contributed by atoms with Crippen LogP contribution in [0.1, 0.15) is 0 Å². The average Bonchev–Trinajstić information content (AvgIpc) is 2.92. The van der Waals surface area contributed by atoms with Crippen molar-refractivity contribution < 1.29 is 0 Å². The van der Waals surface area contributed by atoms with E-state index in [4.69, 9.17) is 0 Å². The van der Waals surface area contributed by atoms with Gasteiger partial charge >= 0.3 is 0 Å². The molecule has 0 fully saturated rings. The Balaban J connectivity index is 2.05. The molecule has 2 aromatic carbocycles. The second kappa shape index (κ2) is 5.31. The first-order valence-electron chi connectivity index (χ1n) is 5.80. The van der Waals surface area contributed by atoms with Gasteiger partial charge in [-0.25, -0.2) is 4.98 Å². The second-order valence-electron chi connectivity index (χ2n) is 4.11. The molecule has 0 saturated heterocycles. The minimum absolute atomic E-state index is 0.877. The van der Waals surface area contributed by atoms with Gasteiger partial charge in [-0.05, 0) is 37.9 Å². The third-order valence-corrected chi connectivity index (χ3v) is 4.91. The van der Waals surface area contributed by atoms with Gasteiger partial charge in [-0.1, -0.05) is 42.5 Å². The van der Waals surface area contributed by atoms with Crippen LogP contribution in [-0.4, -0.2) is 9.97 Å². The fourth-order valence-electron chi connectivity index (χ4n) is 1.91. The zero-order valence-corrected chi connectivity index (χ0v) is 13.1. The summed E-state index contributed by atoms with van der Waals surface area (Å²) in [6.07, 6.45) is 1.86. The van der Waals surface area contributed by atoms with Crippen LogP contribution in [0.2, 0.25) is 0 Å². The summed E-state index contributed by atoms with van der Waals surface area (Å²) in [5.41, 5.74) is 3.16. The highest BCUT2D eigenvalue weighted by molar-refractivity contribution is 9.13. The summed E-state index contributed by atoms with van der Waals surface area (Å²) in [6.45, 7) is 0. The largest absolute Gasteiger partial charge is 0.338 e. The number of nitrogens with one attached hydrogen (secondary N) is 1. The van der Waals surface area contributed by atoms with Gasteiger partial charge in [-0.3, -0.25) is 0 Å². The van der Waals surface area contributed by atoms with Crippen molar-refractivity contribution in [3.05, 3.63) is 63.7 Å². The molecule has 19 heavy (non-hydrogen) atoms. The molecular formula is C15H10Br2N2. The Kier molecular flexibility index (Phi) is 3.53. The second-order valence-corrected chi connectivity index (χ2v) is 5.76. The molecule has 3 rings (SSSR count). The van der Waals surface area contributed by atoms with E-state index in [1.54, 1.807) is 0 Å². The van der Waals surface area contributed by atoms with Crippen molar-refractivity contribution in [2.75, 3.05) is 0 Å². The van der Waals surface area contributed by atoms with Crippen molar-refractivity contribution in [1.29, 1.82) is 0 Å². The maximum Gasteiger partial charge on any atom is 0.137 e. The number of hydrogen-bond donors (Lipinski definition) is 1. The molecular weight excluding hydrogens is 368 g/mol. The van der Waals surface area contributed by atoms with Gasteiger partial charge in [0.15, 0.2) is 0 Å². The van der Waals surface area contributed by atoms with Gasteiger partial charge in [0.05, 0.1) is 11.9 Å². The minimum atomic E-state index is 0.877. The van der Waals surface area contributed by atoms with Crippen molar-refractivity contribution in [1.82, 2.24) is 9.97 Å². The van der Waals surface area contributed by atoms with Crippen molar-refractivity contribution in [2.45, 2.75) is 0 Å². The van der Waals surface area contributed by atoms with Crippen LogP contribution in [0.4, 0.5) is 0 Å². The molecule has 1 heterocycles. The Bertz CT molecular complexity index is 705. The van der Waals surface area contributed by atoms with Gasteiger partial charge < -0.3 is 4.98 Å². The minimum Gasteiger partial charge on any atom is -0.338 e. The van der Waals surface area contributed by atoms with E-state index < -0.39 is 0 Å². The molecule has 0 saturated carbocycles. The number of hydrogen-bond acceptors (Lipinski definition) is 1. The Morgan fingerprint density at radius 1 is 0.895 bits per heavy atom. The molecule has 4 heteroatoms. The van der Waals surface area contributed by atoms with Crippen LogP contribution in [-0.2, 0) is 0 Å². The number of aromatic amines is 1. The average molecular weight is 378 g/mol. The number of aromatic nitrogens is 2. The van der Waals surface area contributed by atoms with Crippen LogP contribution >= 0.6 is 31.9 Å². The summed E-state index contributed by atoms with van der Waals surface area (Å²) >= 11 is 7.10. The molecule has 94 valence electrons. The molecule has 0 aliphatic carbocycles. The van der Waals surface area contributed by atoms with Crippen LogP contribution in [0.25, 0.3) is 22.6 Å². The summed E-state index contributed by atoms with van der Waals surface area (Å²) in [5, 5.41) is 0. The van der Waals surface area contributed by atoms with E-state index in [-0.39, 0.29) is 0 Å². The summed E-state index contributed by atoms with van der Waals surface area (Å²) in [4.78, 5) is 7.79. The first-order chi connectivity index (χ1) is 9.25. The Labute approximate surface area is 128 Å². The van der Waals surface area contributed by atoms with E-state index in [1.165, 1.54) is 0 Å². The van der Waals surface area contributed by atoms with E-state index in [0.29, 0.717) is 0 Å². The van der Waals surface area contributed by atoms with E-state index in [0.717, 1.165) is 31.6 Å². The Morgan fingerprint density at radius 2 is 1.68 bits per heavy atom. The lowest BCUT2D eigenvalue weighted by atomic mass is 10.2. The fourth-order valence-corrected chi connectivity index (χ4v) is 2.76. The number of benzene rings is 2. The molecule has 0 bridgehead atoms. The maximum atomic E-state index is 4.44. The van der Waals surface area contributed by atoms with Gasteiger partial charge in [-0.2, -0.15) is 0 Å². The highest BCUT2D eigenvalue weighted by atomic mass is 79.9. The topological polar surface area (TPSA) is 28.7 Å². The first kappa shape index (κ1) is 12.6. The normalized spacial score (nSPS) is 10.6. The summed E-state index contributed by atoms with van der Waals surface area (Å²) in [5.74, 6) is 0.877. The van der Waals surface area contributed by atoms with Gasteiger partial charge in [0.1, 0.15) is 5.82 Å². The Morgan fingerprint density at radius 3 is 2.47 bits per heavy atom. The van der Waals surface area contributed by atoms with Crippen LogP contribution in [0.3, 0.4) is 0 Å². The molecule has 0 atom stereocenters. The van der Waals surface area contributed by atoms with Crippen LogP contribution in [0, 0.1) is 0 Å². The molecule has 0 spiro atoms. The van der Waals surface area contributed by atoms with Crippen LogP contribution in [0.5, 0.6) is 0 Å². The van der Waals surface area contributed by atoms with E-state index in [9.17, 15) is 0 Å². The van der Waals surface area contributed by atoms with Gasteiger partial charge in [-0.15, -0.1) is 0 Å². The lowest BCUT2D eigenvalue weighted by Crippen LogP contribution is -1.82. The first-order valence-corrected chi connectivity index (χ1v) is 7.39. The van der Waals surface area contributed by atoms with E-state index in [1.807, 2.05) is 48.7 Å².